The van der Waals surface area contributed by atoms with Crippen LogP contribution in [0.5, 0.6) is 0 Å². The molecule has 3 atom stereocenters. The van der Waals surface area contributed by atoms with E-state index in [1.165, 1.54) is 12.1 Å². The zero-order valence-electron chi connectivity index (χ0n) is 13.4. The minimum atomic E-state index is -0.237. The van der Waals surface area contributed by atoms with Gasteiger partial charge in [-0.2, -0.15) is 0 Å². The number of nitrogens with zero attached hydrogens (tertiary/aromatic N) is 1. The predicted octanol–water partition coefficient (Wildman–Crippen LogP) is 1.72. The molecule has 2 bridgehead atoms. The number of hydrogen-bond donors (Lipinski definition) is 2. The Balaban J connectivity index is 1.42. The highest BCUT2D eigenvalue weighted by molar-refractivity contribution is 5.78. The van der Waals surface area contributed by atoms with Gasteiger partial charge in [-0.1, -0.05) is 12.1 Å². The molecule has 0 aliphatic carbocycles. The van der Waals surface area contributed by atoms with Gasteiger partial charge < -0.3 is 10.4 Å². The number of rotatable bonds is 6. The third-order valence-electron chi connectivity index (χ3n) is 5.22. The first-order valence-electron chi connectivity index (χ1n) is 8.53. The van der Waals surface area contributed by atoms with Crippen molar-refractivity contribution >= 4 is 5.91 Å². The molecular formula is C18H25FN2O2. The van der Waals surface area contributed by atoms with Crippen molar-refractivity contribution in [3.63, 3.8) is 0 Å². The van der Waals surface area contributed by atoms with Crippen molar-refractivity contribution in [2.24, 2.45) is 5.92 Å². The van der Waals surface area contributed by atoms with E-state index in [4.69, 9.17) is 0 Å². The molecule has 0 saturated carbocycles. The van der Waals surface area contributed by atoms with E-state index in [0.717, 1.165) is 31.2 Å². The largest absolute Gasteiger partial charge is 0.396 e. The van der Waals surface area contributed by atoms with Crippen molar-refractivity contribution in [1.82, 2.24) is 10.2 Å². The van der Waals surface area contributed by atoms with Gasteiger partial charge in [0.25, 0.3) is 0 Å². The average Bonchev–Trinajstić information content (AvgIpc) is 2.79. The van der Waals surface area contributed by atoms with Gasteiger partial charge in [0.1, 0.15) is 5.82 Å². The Morgan fingerprint density at radius 2 is 1.87 bits per heavy atom. The molecule has 1 aromatic rings. The molecule has 0 radical (unpaired) electrons. The maximum atomic E-state index is 12.8. The van der Waals surface area contributed by atoms with Crippen LogP contribution in [0, 0.1) is 11.7 Å². The third kappa shape index (κ3) is 4.09. The molecule has 2 aliphatic heterocycles. The second kappa shape index (κ2) is 7.41. The lowest BCUT2D eigenvalue weighted by Crippen LogP contribution is -2.48. The maximum absolute atomic E-state index is 12.8. The van der Waals surface area contributed by atoms with Gasteiger partial charge in [-0.3, -0.25) is 9.69 Å². The van der Waals surface area contributed by atoms with Crippen molar-refractivity contribution in [1.29, 1.82) is 0 Å². The number of aliphatic hydroxyl groups is 1. The molecule has 0 aromatic heterocycles. The molecule has 0 spiro atoms. The van der Waals surface area contributed by atoms with E-state index in [1.54, 1.807) is 12.1 Å². The molecule has 2 heterocycles. The molecule has 5 heteroatoms. The monoisotopic (exact) mass is 320 g/mol. The Morgan fingerprint density at radius 3 is 2.48 bits per heavy atom. The van der Waals surface area contributed by atoms with E-state index in [9.17, 15) is 14.3 Å². The van der Waals surface area contributed by atoms with Crippen molar-refractivity contribution in [3.05, 3.63) is 35.6 Å². The van der Waals surface area contributed by atoms with E-state index in [1.807, 2.05) is 0 Å². The number of aliphatic hydroxyl groups excluding tert-OH is 1. The minimum Gasteiger partial charge on any atom is -0.396 e. The highest BCUT2D eigenvalue weighted by atomic mass is 19.1. The molecule has 2 aliphatic rings. The second-order valence-corrected chi connectivity index (χ2v) is 6.80. The Hall–Kier alpha value is -1.46. The lowest BCUT2D eigenvalue weighted by Gasteiger charge is -2.37. The summed E-state index contributed by atoms with van der Waals surface area (Å²) in [4.78, 5) is 14.5. The van der Waals surface area contributed by atoms with Gasteiger partial charge in [0.2, 0.25) is 5.91 Å². The Bertz CT molecular complexity index is 520. The number of amides is 1. The first kappa shape index (κ1) is 16.4. The van der Waals surface area contributed by atoms with E-state index in [2.05, 4.69) is 10.2 Å². The van der Waals surface area contributed by atoms with Crippen LogP contribution in [0.4, 0.5) is 4.39 Å². The topological polar surface area (TPSA) is 52.6 Å². The van der Waals surface area contributed by atoms with Gasteiger partial charge in [-0.15, -0.1) is 0 Å². The SMILES string of the molecule is O=C(CN1[C@@H]2CC[C@H]1CC(CO)C2)NCCc1ccc(F)cc1. The Kier molecular flexibility index (Phi) is 5.28. The number of fused-ring (bicyclic) bond motifs is 2. The van der Waals surface area contributed by atoms with Gasteiger partial charge in [0.05, 0.1) is 6.54 Å². The number of halogens is 1. The number of benzene rings is 1. The maximum Gasteiger partial charge on any atom is 0.234 e. The van der Waals surface area contributed by atoms with Crippen LogP contribution in [0.3, 0.4) is 0 Å². The van der Waals surface area contributed by atoms with Crippen LogP contribution in [0.2, 0.25) is 0 Å². The molecule has 1 unspecified atom stereocenters. The zero-order chi connectivity index (χ0) is 16.2. The Morgan fingerprint density at radius 1 is 1.22 bits per heavy atom. The standard InChI is InChI=1S/C18H25FN2O2/c19-15-3-1-13(2-4-15)7-8-20-18(23)11-21-16-5-6-17(21)10-14(9-16)12-22/h1-4,14,16-17,22H,5-12H2,(H,20,23)/t14?,16-,17+. The average molecular weight is 320 g/mol. The van der Waals surface area contributed by atoms with Gasteiger partial charge in [0, 0.05) is 25.2 Å². The summed E-state index contributed by atoms with van der Waals surface area (Å²) in [6, 6.07) is 7.30. The molecular weight excluding hydrogens is 295 g/mol. The quantitative estimate of drug-likeness (QED) is 0.839. The fourth-order valence-corrected chi connectivity index (χ4v) is 4.01. The number of piperidine rings is 1. The molecule has 3 rings (SSSR count). The smallest absolute Gasteiger partial charge is 0.234 e. The van der Waals surface area contributed by atoms with Gasteiger partial charge in [-0.05, 0) is 55.7 Å². The minimum absolute atomic E-state index is 0.0615. The van der Waals surface area contributed by atoms with Gasteiger partial charge >= 0.3 is 0 Å². The molecule has 4 nitrogen and oxygen atoms in total. The normalized spacial score (nSPS) is 27.1. The van der Waals surface area contributed by atoms with Crippen LogP contribution in [0.15, 0.2) is 24.3 Å². The number of nitrogens with one attached hydrogen (secondary N) is 1. The van der Waals surface area contributed by atoms with Crippen LogP contribution < -0.4 is 5.32 Å². The second-order valence-electron chi connectivity index (χ2n) is 6.80. The van der Waals surface area contributed by atoms with Crippen molar-refractivity contribution < 1.29 is 14.3 Å². The van der Waals surface area contributed by atoms with Crippen molar-refractivity contribution in [2.75, 3.05) is 19.7 Å². The van der Waals surface area contributed by atoms with E-state index in [0.29, 0.717) is 37.5 Å². The summed E-state index contributed by atoms with van der Waals surface area (Å²) in [6.07, 6.45) is 5.02. The molecule has 2 N–H and O–H groups in total. The summed E-state index contributed by atoms with van der Waals surface area (Å²) in [5, 5.41) is 12.3. The molecule has 2 fully saturated rings. The van der Waals surface area contributed by atoms with Crippen molar-refractivity contribution in [2.45, 2.75) is 44.2 Å². The highest BCUT2D eigenvalue weighted by Gasteiger charge is 2.40. The fourth-order valence-electron chi connectivity index (χ4n) is 4.01. The van der Waals surface area contributed by atoms with Crippen LogP contribution in [-0.4, -0.2) is 47.7 Å². The van der Waals surface area contributed by atoms with Crippen LogP contribution in [-0.2, 0) is 11.2 Å². The number of hydrogen-bond acceptors (Lipinski definition) is 3. The first-order valence-corrected chi connectivity index (χ1v) is 8.53. The summed E-state index contributed by atoms with van der Waals surface area (Å²) in [7, 11) is 0. The van der Waals surface area contributed by atoms with Crippen LogP contribution in [0.25, 0.3) is 0 Å². The number of carbonyl (C=O) groups is 1. The molecule has 1 amide bonds. The van der Waals surface area contributed by atoms with Gasteiger partial charge in [0.15, 0.2) is 0 Å². The van der Waals surface area contributed by atoms with E-state index >= 15 is 0 Å². The fraction of sp³-hybridized carbons (Fsp3) is 0.611. The summed E-state index contributed by atoms with van der Waals surface area (Å²) >= 11 is 0. The van der Waals surface area contributed by atoms with Crippen LogP contribution in [0.1, 0.15) is 31.2 Å². The van der Waals surface area contributed by atoms with Crippen molar-refractivity contribution in [3.8, 4) is 0 Å². The van der Waals surface area contributed by atoms with E-state index in [-0.39, 0.29) is 18.3 Å². The Labute approximate surface area is 136 Å². The molecule has 23 heavy (non-hydrogen) atoms. The summed E-state index contributed by atoms with van der Waals surface area (Å²) in [5.41, 5.74) is 1.02. The third-order valence-corrected chi connectivity index (χ3v) is 5.22. The first-order chi connectivity index (χ1) is 11.2. The highest BCUT2D eigenvalue weighted by Crippen LogP contribution is 2.38. The van der Waals surface area contributed by atoms with Crippen LogP contribution >= 0.6 is 0 Å². The van der Waals surface area contributed by atoms with E-state index < -0.39 is 0 Å². The lowest BCUT2D eigenvalue weighted by atomic mass is 9.91. The lowest BCUT2D eigenvalue weighted by molar-refractivity contribution is -0.123. The molecule has 126 valence electrons. The van der Waals surface area contributed by atoms with Gasteiger partial charge in [-0.25, -0.2) is 4.39 Å². The summed E-state index contributed by atoms with van der Waals surface area (Å²) in [6.45, 7) is 1.30. The molecule has 2 saturated heterocycles. The summed E-state index contributed by atoms with van der Waals surface area (Å²) in [5.74, 6) is 0.233. The predicted molar refractivity (Wildman–Crippen MR) is 86.4 cm³/mol. The zero-order valence-corrected chi connectivity index (χ0v) is 13.4. The molecule has 1 aromatic carbocycles. The number of carbonyl (C=O) groups excluding carboxylic acids is 1. The summed E-state index contributed by atoms with van der Waals surface area (Å²) < 4.78 is 12.8.